The number of hydrogen-bond acceptors (Lipinski definition) is 7. The number of methoxy groups -OCH3 is 3. The molecule has 2 amide bonds. The van der Waals surface area contributed by atoms with Gasteiger partial charge in [0.1, 0.15) is 0 Å². The quantitative estimate of drug-likeness (QED) is 0.221. The topological polar surface area (TPSA) is 131 Å². The molecule has 0 aliphatic heterocycles. The van der Waals surface area contributed by atoms with Crippen molar-refractivity contribution in [3.63, 3.8) is 0 Å². The highest BCUT2D eigenvalue weighted by molar-refractivity contribution is 5.85. The second-order valence-electron chi connectivity index (χ2n) is 10.4. The van der Waals surface area contributed by atoms with E-state index in [1.54, 1.807) is 27.4 Å². The molecule has 0 radical (unpaired) electrons. The van der Waals surface area contributed by atoms with E-state index in [0.29, 0.717) is 48.6 Å². The predicted octanol–water partition coefficient (Wildman–Crippen LogP) is 4.12. The van der Waals surface area contributed by atoms with Gasteiger partial charge in [-0.3, -0.25) is 14.4 Å². The molecule has 0 spiro atoms. The number of carbonyl (C=O) groups excluding carboxylic acids is 2. The lowest BCUT2D eigenvalue weighted by Crippen LogP contribution is -2.32. The number of aryl methyl sites for hydroxylation is 1. The van der Waals surface area contributed by atoms with Crippen LogP contribution in [-0.2, 0) is 22.4 Å². The van der Waals surface area contributed by atoms with Crippen LogP contribution in [-0.4, -0.2) is 51.2 Å². The number of carbonyl (C=O) groups is 2. The third kappa shape index (κ3) is 6.13. The predicted molar refractivity (Wildman–Crippen MR) is 166 cm³/mol. The van der Waals surface area contributed by atoms with Gasteiger partial charge in [0.05, 0.1) is 39.6 Å². The molecule has 1 atom stereocenters. The van der Waals surface area contributed by atoms with E-state index in [0.717, 1.165) is 33.2 Å². The van der Waals surface area contributed by atoms with E-state index < -0.39 is 6.04 Å². The number of fused-ring (bicyclic) bond motifs is 4. The molecule has 4 N–H and O–H groups in total. The Labute approximate surface area is 249 Å². The maximum absolute atomic E-state index is 13.4. The lowest BCUT2D eigenvalue weighted by Gasteiger charge is -2.19. The maximum Gasteiger partial charge on any atom is 0.239 e. The minimum absolute atomic E-state index is 0.0716. The summed E-state index contributed by atoms with van der Waals surface area (Å²) in [5.74, 6) is 1.01. The summed E-state index contributed by atoms with van der Waals surface area (Å²) in [6, 6.07) is 14.5. The van der Waals surface area contributed by atoms with Gasteiger partial charge >= 0.3 is 0 Å². The number of aromatic nitrogens is 1. The molecule has 5 rings (SSSR count). The van der Waals surface area contributed by atoms with Gasteiger partial charge in [-0.25, -0.2) is 0 Å². The first kappa shape index (κ1) is 29.5. The van der Waals surface area contributed by atoms with E-state index in [2.05, 4.69) is 20.9 Å². The Kier molecular flexibility index (Phi) is 8.85. The highest BCUT2D eigenvalue weighted by Crippen LogP contribution is 2.50. The average Bonchev–Trinajstić information content (AvgIpc) is 3.27. The number of anilines is 1. The van der Waals surface area contributed by atoms with Gasteiger partial charge in [0, 0.05) is 36.1 Å². The summed E-state index contributed by atoms with van der Waals surface area (Å²) in [7, 11) is 4.66. The van der Waals surface area contributed by atoms with Crippen molar-refractivity contribution < 1.29 is 23.8 Å². The van der Waals surface area contributed by atoms with Crippen molar-refractivity contribution >= 4 is 28.4 Å². The molecule has 1 heterocycles. The Hall–Kier alpha value is -4.99. The second-order valence-corrected chi connectivity index (χ2v) is 10.4. The van der Waals surface area contributed by atoms with Crippen molar-refractivity contribution in [2.45, 2.75) is 32.2 Å². The number of aromatic amines is 1. The molecule has 10 nitrogen and oxygen atoms in total. The van der Waals surface area contributed by atoms with Gasteiger partial charge in [0.25, 0.3) is 0 Å². The first-order valence-corrected chi connectivity index (χ1v) is 14.2. The van der Waals surface area contributed by atoms with Gasteiger partial charge in [-0.05, 0) is 65.8 Å². The molecule has 43 heavy (non-hydrogen) atoms. The summed E-state index contributed by atoms with van der Waals surface area (Å²) in [6.45, 7) is 1.84. The number of hydrogen-bond donors (Lipinski definition) is 4. The number of ether oxygens (including phenoxy) is 3. The molecule has 1 aliphatic rings. The minimum atomic E-state index is -0.414. The smallest absolute Gasteiger partial charge is 0.239 e. The summed E-state index contributed by atoms with van der Waals surface area (Å²) < 4.78 is 17.0. The van der Waals surface area contributed by atoms with Crippen LogP contribution >= 0.6 is 0 Å². The Bertz CT molecular complexity index is 1730. The van der Waals surface area contributed by atoms with E-state index in [9.17, 15) is 14.4 Å². The standard InChI is InChI=1S/C33H36N4O6/c1-19(38)37-26-11-9-20-15-29(41-2)32(42-3)33(43-4)31(20)23-10-12-27(28(39)16-24(23)26)36-18-30(40)34-14-13-21-17-35-25-8-6-5-7-22(21)25/h5-8,10,12,15-17,26,35H,9,11,13-14,18H2,1-4H3,(H,34,40)(H,36,39)(H,37,38). The van der Waals surface area contributed by atoms with Crippen molar-refractivity contribution in [3.05, 3.63) is 81.6 Å². The number of benzene rings is 2. The number of amides is 2. The lowest BCUT2D eigenvalue weighted by molar-refractivity contribution is -0.120. The average molecular weight is 585 g/mol. The fourth-order valence-electron chi connectivity index (χ4n) is 5.77. The molecule has 0 saturated heterocycles. The molecule has 4 aromatic rings. The first-order chi connectivity index (χ1) is 20.8. The molecule has 1 unspecified atom stereocenters. The first-order valence-electron chi connectivity index (χ1n) is 14.2. The van der Waals surface area contributed by atoms with Gasteiger partial charge in [-0.1, -0.05) is 24.3 Å². The van der Waals surface area contributed by atoms with Gasteiger partial charge in [-0.2, -0.15) is 0 Å². The highest BCUT2D eigenvalue weighted by atomic mass is 16.5. The fourth-order valence-corrected chi connectivity index (χ4v) is 5.77. The summed E-state index contributed by atoms with van der Waals surface area (Å²) in [6.07, 6.45) is 3.80. The van der Waals surface area contributed by atoms with Crippen LogP contribution in [0.4, 0.5) is 5.69 Å². The highest BCUT2D eigenvalue weighted by Gasteiger charge is 2.29. The minimum Gasteiger partial charge on any atom is -0.493 e. The molecule has 0 fully saturated rings. The van der Waals surface area contributed by atoms with Crippen LogP contribution in [0.2, 0.25) is 0 Å². The third-order valence-corrected chi connectivity index (χ3v) is 7.75. The van der Waals surface area contributed by atoms with Crippen molar-refractivity contribution in [1.29, 1.82) is 0 Å². The van der Waals surface area contributed by atoms with Crippen LogP contribution in [0.3, 0.4) is 0 Å². The molecule has 1 aromatic heterocycles. The molecule has 0 saturated carbocycles. The monoisotopic (exact) mass is 584 g/mol. The number of para-hydroxylation sites is 1. The fraction of sp³-hybridized carbons (Fsp3) is 0.303. The van der Waals surface area contributed by atoms with E-state index >= 15 is 0 Å². The molecule has 0 bridgehead atoms. The Morgan fingerprint density at radius 2 is 1.79 bits per heavy atom. The zero-order valence-electron chi connectivity index (χ0n) is 24.8. The zero-order chi connectivity index (χ0) is 30.5. The Balaban J connectivity index is 1.41. The lowest BCUT2D eigenvalue weighted by atomic mass is 9.95. The van der Waals surface area contributed by atoms with Crippen LogP contribution in [0.5, 0.6) is 17.2 Å². The van der Waals surface area contributed by atoms with E-state index in [4.69, 9.17) is 14.2 Å². The van der Waals surface area contributed by atoms with E-state index in [1.807, 2.05) is 42.6 Å². The summed E-state index contributed by atoms with van der Waals surface area (Å²) in [4.78, 5) is 41.5. The van der Waals surface area contributed by atoms with Gasteiger partial charge in [-0.15, -0.1) is 0 Å². The summed E-state index contributed by atoms with van der Waals surface area (Å²) >= 11 is 0. The van der Waals surface area contributed by atoms with Crippen molar-refractivity contribution in [2.24, 2.45) is 0 Å². The van der Waals surface area contributed by atoms with Crippen LogP contribution < -0.4 is 35.6 Å². The van der Waals surface area contributed by atoms with Crippen molar-refractivity contribution in [2.75, 3.05) is 39.7 Å². The third-order valence-electron chi connectivity index (χ3n) is 7.75. The normalized spacial score (nSPS) is 13.7. The zero-order valence-corrected chi connectivity index (χ0v) is 24.8. The maximum atomic E-state index is 13.4. The molecule has 224 valence electrons. The van der Waals surface area contributed by atoms with Crippen LogP contribution in [0.1, 0.15) is 36.1 Å². The molecular formula is C33H36N4O6. The van der Waals surface area contributed by atoms with Crippen molar-refractivity contribution in [3.8, 4) is 28.4 Å². The molecule has 10 heteroatoms. The summed E-state index contributed by atoms with van der Waals surface area (Å²) in [5.41, 5.74) is 5.22. The van der Waals surface area contributed by atoms with Gasteiger partial charge in [0.15, 0.2) is 11.5 Å². The Morgan fingerprint density at radius 3 is 2.53 bits per heavy atom. The second kappa shape index (κ2) is 12.9. The van der Waals surface area contributed by atoms with E-state index in [1.165, 1.54) is 13.0 Å². The SMILES string of the molecule is COc1cc2c(c(OC)c1OC)-c1ccc(NCC(=O)NCCc3c[nH]c4ccccc34)c(=O)cc1C(NC(C)=O)CC2. The number of nitrogens with one attached hydrogen (secondary N) is 4. The van der Waals surface area contributed by atoms with E-state index in [-0.39, 0.29) is 29.5 Å². The van der Waals surface area contributed by atoms with Gasteiger partial charge in [0.2, 0.25) is 23.0 Å². The molecular weight excluding hydrogens is 548 g/mol. The van der Waals surface area contributed by atoms with Crippen LogP contribution in [0.25, 0.3) is 22.0 Å². The number of rotatable bonds is 10. The molecule has 1 aliphatic carbocycles. The van der Waals surface area contributed by atoms with Crippen LogP contribution in [0, 0.1) is 0 Å². The van der Waals surface area contributed by atoms with Crippen molar-refractivity contribution in [1.82, 2.24) is 15.6 Å². The Morgan fingerprint density at radius 1 is 1.00 bits per heavy atom. The number of H-pyrrole nitrogens is 1. The largest absolute Gasteiger partial charge is 0.493 e. The van der Waals surface area contributed by atoms with Gasteiger partial charge < -0.3 is 35.1 Å². The molecule has 3 aromatic carbocycles. The van der Waals surface area contributed by atoms with Crippen LogP contribution in [0.15, 0.2) is 59.5 Å². The summed E-state index contributed by atoms with van der Waals surface area (Å²) in [5, 5.41) is 10.0.